The number of aromatic nitrogens is 2. The molecule has 4 rings (SSSR count). The lowest BCUT2D eigenvalue weighted by Crippen LogP contribution is -2.43. The number of anilines is 2. The van der Waals surface area contributed by atoms with Crippen LogP contribution in [0.3, 0.4) is 0 Å². The summed E-state index contributed by atoms with van der Waals surface area (Å²) in [6.07, 6.45) is 4.54. The predicted octanol–water partition coefficient (Wildman–Crippen LogP) is 7.31. The Balaban J connectivity index is 1.28. The van der Waals surface area contributed by atoms with Gasteiger partial charge < -0.3 is 26.0 Å². The normalized spacial score (nSPS) is 11.9. The minimum absolute atomic E-state index is 0.0868. The summed E-state index contributed by atoms with van der Waals surface area (Å²) < 4.78 is 45.1. The summed E-state index contributed by atoms with van der Waals surface area (Å²) in [5.41, 5.74) is 0.0826. The fourth-order valence-electron chi connectivity index (χ4n) is 4.23. The van der Waals surface area contributed by atoms with Crippen LogP contribution in [0, 0.1) is 0 Å². The largest absolute Gasteiger partial charge is 0.457 e. The first-order valence-electron chi connectivity index (χ1n) is 14.4. The topological polar surface area (TPSA) is 134 Å². The van der Waals surface area contributed by atoms with Gasteiger partial charge in [-0.25, -0.2) is 4.79 Å². The Morgan fingerprint density at radius 3 is 2.40 bits per heavy atom. The van der Waals surface area contributed by atoms with Crippen molar-refractivity contribution in [1.29, 1.82) is 0 Å². The van der Waals surface area contributed by atoms with E-state index in [0.717, 1.165) is 24.1 Å². The van der Waals surface area contributed by atoms with E-state index in [-0.39, 0.29) is 29.9 Å². The van der Waals surface area contributed by atoms with Crippen LogP contribution in [0.25, 0.3) is 6.08 Å². The molecule has 4 N–H and O–H groups in total. The van der Waals surface area contributed by atoms with Gasteiger partial charge in [0.2, 0.25) is 5.91 Å². The third kappa shape index (κ3) is 10.9. The number of alkyl halides is 3. The molecule has 0 saturated heterocycles. The van der Waals surface area contributed by atoms with E-state index in [0.29, 0.717) is 23.6 Å². The first-order valence-corrected chi connectivity index (χ1v) is 14.7. The second-order valence-electron chi connectivity index (χ2n) is 10.1. The van der Waals surface area contributed by atoms with E-state index in [4.69, 9.17) is 16.3 Å². The Bertz CT molecular complexity index is 1720. The molecule has 244 valence electrons. The van der Waals surface area contributed by atoms with Gasteiger partial charge in [-0.3, -0.25) is 19.6 Å². The zero-order valence-electron chi connectivity index (χ0n) is 25.0. The van der Waals surface area contributed by atoms with E-state index < -0.39 is 28.7 Å². The number of rotatable bonds is 12. The fraction of sp³-hybridized carbons (Fsp3) is 0.182. The number of benzene rings is 2. The van der Waals surface area contributed by atoms with Gasteiger partial charge in [-0.1, -0.05) is 31.0 Å². The highest BCUT2D eigenvalue weighted by molar-refractivity contribution is 6.31. The van der Waals surface area contributed by atoms with Crippen molar-refractivity contribution >= 4 is 46.9 Å². The van der Waals surface area contributed by atoms with E-state index in [2.05, 4.69) is 31.2 Å². The summed E-state index contributed by atoms with van der Waals surface area (Å²) in [6.45, 7) is 2.17. The standard InChI is InChI=1S/C33H30ClF3N6O4/c1-2-4-24(41-30(44)13-6-21-5-3-15-38-19-21)20-40-31(45)29-18-26(14-16-39-29)47-25-10-7-22(8-11-25)42-32(46)43-23-9-12-28(34)27(17-23)33(35,36)37/h3,5-19,24H,2,4,20H2,1H3,(H,40,45)(H,41,44)(H2,42,43,46)/b13-6+. The number of ether oxygens (including phenoxy) is 1. The average Bonchev–Trinajstić information content (AvgIpc) is 3.04. The first-order chi connectivity index (χ1) is 22.5. The molecule has 0 bridgehead atoms. The molecule has 0 aliphatic heterocycles. The number of amides is 4. The number of nitrogens with one attached hydrogen (secondary N) is 4. The number of pyridine rings is 2. The number of urea groups is 1. The molecule has 0 aliphatic carbocycles. The van der Waals surface area contributed by atoms with Crippen LogP contribution in [0.15, 0.2) is 91.4 Å². The molecular weight excluding hydrogens is 637 g/mol. The quantitative estimate of drug-likeness (QED) is 0.117. The average molecular weight is 667 g/mol. The van der Waals surface area contributed by atoms with Crippen LogP contribution in [0.1, 0.15) is 41.4 Å². The lowest BCUT2D eigenvalue weighted by atomic mass is 10.1. The lowest BCUT2D eigenvalue weighted by molar-refractivity contribution is -0.137. The fourth-order valence-corrected chi connectivity index (χ4v) is 4.46. The third-order valence-electron chi connectivity index (χ3n) is 6.45. The van der Waals surface area contributed by atoms with Crippen molar-refractivity contribution < 1.29 is 32.3 Å². The van der Waals surface area contributed by atoms with E-state index >= 15 is 0 Å². The van der Waals surface area contributed by atoms with E-state index in [9.17, 15) is 27.6 Å². The molecule has 1 unspecified atom stereocenters. The van der Waals surface area contributed by atoms with Crippen molar-refractivity contribution in [3.63, 3.8) is 0 Å². The van der Waals surface area contributed by atoms with Gasteiger partial charge in [0.15, 0.2) is 0 Å². The van der Waals surface area contributed by atoms with Gasteiger partial charge in [0, 0.05) is 54.7 Å². The Morgan fingerprint density at radius 2 is 1.70 bits per heavy atom. The maximum Gasteiger partial charge on any atom is 0.417 e. The molecular formula is C33H30ClF3N6O4. The molecule has 4 aromatic rings. The van der Waals surface area contributed by atoms with Gasteiger partial charge in [-0.15, -0.1) is 0 Å². The van der Waals surface area contributed by atoms with Gasteiger partial charge in [-0.05, 0) is 72.7 Å². The molecule has 2 aromatic carbocycles. The predicted molar refractivity (Wildman–Crippen MR) is 172 cm³/mol. The van der Waals surface area contributed by atoms with Crippen molar-refractivity contribution in [1.82, 2.24) is 20.6 Å². The number of hydrogen-bond donors (Lipinski definition) is 4. The van der Waals surface area contributed by atoms with Gasteiger partial charge >= 0.3 is 12.2 Å². The number of carbonyl (C=O) groups excluding carboxylic acids is 3. The summed E-state index contributed by atoms with van der Waals surface area (Å²) in [4.78, 5) is 45.7. The van der Waals surface area contributed by atoms with Crippen LogP contribution in [0.5, 0.6) is 11.5 Å². The third-order valence-corrected chi connectivity index (χ3v) is 6.78. The van der Waals surface area contributed by atoms with E-state index in [1.807, 2.05) is 13.0 Å². The highest BCUT2D eigenvalue weighted by Crippen LogP contribution is 2.36. The molecule has 4 amide bonds. The maximum atomic E-state index is 13.1. The van der Waals surface area contributed by atoms with Crippen molar-refractivity contribution in [3.8, 4) is 11.5 Å². The Kier molecular flexibility index (Phi) is 11.9. The van der Waals surface area contributed by atoms with Crippen molar-refractivity contribution in [2.75, 3.05) is 17.2 Å². The van der Waals surface area contributed by atoms with E-state index in [1.54, 1.807) is 42.7 Å². The molecule has 0 aliphatic rings. The number of hydrogen-bond acceptors (Lipinski definition) is 6. The monoisotopic (exact) mass is 666 g/mol. The molecule has 10 nitrogen and oxygen atoms in total. The molecule has 0 spiro atoms. The van der Waals surface area contributed by atoms with Crippen LogP contribution in [-0.4, -0.2) is 40.4 Å². The Hall–Kier alpha value is -5.43. The lowest BCUT2D eigenvalue weighted by Gasteiger charge is -2.18. The summed E-state index contributed by atoms with van der Waals surface area (Å²) in [7, 11) is 0. The summed E-state index contributed by atoms with van der Waals surface area (Å²) >= 11 is 5.62. The van der Waals surface area contributed by atoms with Gasteiger partial charge in [0.05, 0.1) is 10.6 Å². The van der Waals surface area contributed by atoms with Crippen LogP contribution < -0.4 is 26.0 Å². The number of halogens is 4. The van der Waals surface area contributed by atoms with Crippen LogP contribution >= 0.6 is 11.6 Å². The van der Waals surface area contributed by atoms with Crippen molar-refractivity contribution in [2.45, 2.75) is 32.0 Å². The molecule has 0 saturated carbocycles. The molecule has 47 heavy (non-hydrogen) atoms. The van der Waals surface area contributed by atoms with Crippen LogP contribution in [0.4, 0.5) is 29.3 Å². The van der Waals surface area contributed by atoms with Gasteiger partial charge in [-0.2, -0.15) is 13.2 Å². The molecule has 0 radical (unpaired) electrons. The van der Waals surface area contributed by atoms with E-state index in [1.165, 1.54) is 36.5 Å². The zero-order valence-corrected chi connectivity index (χ0v) is 25.7. The molecule has 0 fully saturated rings. The highest BCUT2D eigenvalue weighted by atomic mass is 35.5. The maximum absolute atomic E-state index is 13.1. The van der Waals surface area contributed by atoms with Gasteiger partial charge in [0.1, 0.15) is 17.2 Å². The van der Waals surface area contributed by atoms with Crippen LogP contribution in [0.2, 0.25) is 5.02 Å². The zero-order chi connectivity index (χ0) is 33.8. The number of nitrogens with zero attached hydrogens (tertiary/aromatic N) is 2. The van der Waals surface area contributed by atoms with Crippen LogP contribution in [-0.2, 0) is 11.0 Å². The smallest absolute Gasteiger partial charge is 0.417 e. The Labute approximate surface area is 273 Å². The van der Waals surface area contributed by atoms with Crippen molar-refractivity contribution in [2.24, 2.45) is 0 Å². The van der Waals surface area contributed by atoms with Gasteiger partial charge in [0.25, 0.3) is 5.91 Å². The Morgan fingerprint density at radius 1 is 0.957 bits per heavy atom. The summed E-state index contributed by atoms with van der Waals surface area (Å²) in [5.74, 6) is -0.0415. The first kappa shape index (κ1) is 34.4. The second-order valence-corrected chi connectivity index (χ2v) is 10.5. The minimum atomic E-state index is -4.67. The SMILES string of the molecule is CCCC(CNC(=O)c1cc(Oc2ccc(NC(=O)Nc3ccc(Cl)c(C(F)(F)F)c3)cc2)ccn1)NC(=O)/C=C/c1cccnc1. The summed E-state index contributed by atoms with van der Waals surface area (Å²) in [5, 5.41) is 10.1. The molecule has 1 atom stereocenters. The summed E-state index contributed by atoms with van der Waals surface area (Å²) in [6, 6.07) is 14.8. The molecule has 2 aromatic heterocycles. The number of carbonyl (C=O) groups is 3. The second kappa shape index (κ2) is 16.2. The minimum Gasteiger partial charge on any atom is -0.457 e. The highest BCUT2D eigenvalue weighted by Gasteiger charge is 2.33. The molecule has 2 heterocycles. The van der Waals surface area contributed by atoms with Crippen molar-refractivity contribution in [3.05, 3.63) is 113 Å². The molecule has 14 heteroatoms.